The fourth-order valence-electron chi connectivity index (χ4n) is 5.14. The van der Waals surface area contributed by atoms with Crippen LogP contribution in [0.3, 0.4) is 0 Å². The number of hydrogen-bond donors (Lipinski definition) is 2. The van der Waals surface area contributed by atoms with Gasteiger partial charge in [0, 0.05) is 47.4 Å². The molecule has 1 aromatic carbocycles. The van der Waals surface area contributed by atoms with Crippen molar-refractivity contribution in [2.75, 3.05) is 11.9 Å². The molecule has 1 saturated carbocycles. The quantitative estimate of drug-likeness (QED) is 0.353. The Morgan fingerprint density at radius 3 is 2.78 bits per heavy atom. The Morgan fingerprint density at radius 2 is 2.03 bits per heavy atom. The van der Waals surface area contributed by atoms with Crippen LogP contribution in [0, 0.1) is 5.92 Å². The molecule has 0 bridgehead atoms. The lowest BCUT2D eigenvalue weighted by Gasteiger charge is -2.29. The zero-order chi connectivity index (χ0) is 25.6. The van der Waals surface area contributed by atoms with Crippen LogP contribution in [0.4, 0.5) is 11.6 Å². The highest BCUT2D eigenvalue weighted by molar-refractivity contribution is 7.89. The minimum atomic E-state index is -3.74. The van der Waals surface area contributed by atoms with Crippen molar-refractivity contribution in [3.8, 4) is 0 Å². The summed E-state index contributed by atoms with van der Waals surface area (Å²) in [5.41, 5.74) is 3.76. The molecule has 3 aromatic heterocycles. The van der Waals surface area contributed by atoms with E-state index in [0.29, 0.717) is 29.7 Å². The second-order valence-corrected chi connectivity index (χ2v) is 12.2. The average molecular weight is 518 g/mol. The van der Waals surface area contributed by atoms with Gasteiger partial charge >= 0.3 is 0 Å². The third-order valence-corrected chi connectivity index (χ3v) is 8.76. The lowest BCUT2D eigenvalue weighted by molar-refractivity contribution is 0.441. The van der Waals surface area contributed by atoms with Crippen molar-refractivity contribution >= 4 is 32.4 Å². The van der Waals surface area contributed by atoms with Gasteiger partial charge in [-0.2, -0.15) is 0 Å². The highest BCUT2D eigenvalue weighted by Gasteiger charge is 2.32. The summed E-state index contributed by atoms with van der Waals surface area (Å²) in [6.45, 7) is 4.41. The molecule has 2 N–H and O–H groups in total. The van der Waals surface area contributed by atoms with Crippen LogP contribution in [0.5, 0.6) is 0 Å². The van der Waals surface area contributed by atoms with Gasteiger partial charge in [0.05, 0.1) is 16.8 Å². The van der Waals surface area contributed by atoms with Crippen molar-refractivity contribution in [1.82, 2.24) is 29.5 Å². The molecule has 1 atom stereocenters. The minimum absolute atomic E-state index is 0.0166. The maximum Gasteiger partial charge on any atom is 0.241 e. The summed E-state index contributed by atoms with van der Waals surface area (Å²) >= 11 is 0. The van der Waals surface area contributed by atoms with Crippen molar-refractivity contribution in [3.63, 3.8) is 0 Å². The van der Waals surface area contributed by atoms with Crippen LogP contribution >= 0.6 is 0 Å². The summed E-state index contributed by atoms with van der Waals surface area (Å²) in [7, 11) is -3.74. The summed E-state index contributed by atoms with van der Waals surface area (Å²) < 4.78 is 32.6. The molecule has 37 heavy (non-hydrogen) atoms. The molecule has 1 unspecified atom stereocenters. The molecule has 0 amide bonds. The van der Waals surface area contributed by atoms with Crippen LogP contribution in [0.1, 0.15) is 61.9 Å². The predicted molar refractivity (Wildman–Crippen MR) is 142 cm³/mol. The predicted octanol–water partition coefficient (Wildman–Crippen LogP) is 4.51. The molecule has 9 nitrogen and oxygen atoms in total. The van der Waals surface area contributed by atoms with Gasteiger partial charge in [-0.1, -0.05) is 13.8 Å². The van der Waals surface area contributed by atoms with Crippen molar-refractivity contribution < 1.29 is 8.42 Å². The van der Waals surface area contributed by atoms with Gasteiger partial charge in [0.1, 0.15) is 6.33 Å². The van der Waals surface area contributed by atoms with Crippen LogP contribution in [-0.4, -0.2) is 39.7 Å². The zero-order valence-corrected chi connectivity index (χ0v) is 21.9. The first-order chi connectivity index (χ1) is 17.9. The molecule has 0 spiro atoms. The largest absolute Gasteiger partial charge is 0.323 e. The molecule has 3 heterocycles. The molecule has 0 saturated heterocycles. The standard InChI is InChI=1S/C27H31N7O2S/c1-17(2)13-31-37(35,36)26-23-11-22(34-16-30-33-27(34)32-21-4-3-9-28-15-21)8-7-19(23)10-20-14-29-25(12-24(20)26)18-5-6-18/h3-4,9-10,12,14-18,22,31H,5-8,11,13H2,1-2H3,(H,32,33). The maximum absolute atomic E-state index is 13.8. The molecule has 6 rings (SSSR count). The summed E-state index contributed by atoms with van der Waals surface area (Å²) in [6, 6.07) is 7.94. The van der Waals surface area contributed by atoms with E-state index in [1.807, 2.05) is 42.8 Å². The fourth-order valence-corrected chi connectivity index (χ4v) is 6.85. The molecular formula is C27H31N7O2S. The molecular weight excluding hydrogens is 486 g/mol. The van der Waals surface area contributed by atoms with E-state index in [2.05, 4.69) is 36.3 Å². The van der Waals surface area contributed by atoms with E-state index in [-0.39, 0.29) is 12.0 Å². The average Bonchev–Trinajstić information content (AvgIpc) is 3.65. The lowest BCUT2D eigenvalue weighted by Crippen LogP contribution is -2.30. The monoisotopic (exact) mass is 517 g/mol. The van der Waals surface area contributed by atoms with Gasteiger partial charge in [0.25, 0.3) is 0 Å². The van der Waals surface area contributed by atoms with E-state index in [0.717, 1.165) is 59.0 Å². The van der Waals surface area contributed by atoms with Gasteiger partial charge in [-0.05, 0) is 73.4 Å². The number of aromatic nitrogens is 5. The summed E-state index contributed by atoms with van der Waals surface area (Å²) in [4.78, 5) is 9.24. The van der Waals surface area contributed by atoms with Gasteiger partial charge in [-0.15, -0.1) is 10.2 Å². The lowest BCUT2D eigenvalue weighted by atomic mass is 9.86. The zero-order valence-electron chi connectivity index (χ0n) is 21.1. The van der Waals surface area contributed by atoms with Crippen LogP contribution in [0.15, 0.2) is 54.1 Å². The number of nitrogens with zero attached hydrogens (tertiary/aromatic N) is 5. The summed E-state index contributed by atoms with van der Waals surface area (Å²) in [5, 5.41) is 13.4. The van der Waals surface area contributed by atoms with Crippen molar-refractivity contribution in [3.05, 3.63) is 66.0 Å². The van der Waals surface area contributed by atoms with Gasteiger partial charge in [-0.25, -0.2) is 13.1 Å². The number of sulfonamides is 1. The number of hydrogen-bond acceptors (Lipinski definition) is 7. The second kappa shape index (κ2) is 9.50. The van der Waals surface area contributed by atoms with Crippen LogP contribution in [0.2, 0.25) is 0 Å². The number of aryl methyl sites for hydroxylation is 1. The Morgan fingerprint density at radius 1 is 1.16 bits per heavy atom. The molecule has 4 aromatic rings. The maximum atomic E-state index is 13.8. The first-order valence-electron chi connectivity index (χ1n) is 12.9. The molecule has 2 aliphatic rings. The van der Waals surface area contributed by atoms with Gasteiger partial charge < -0.3 is 5.32 Å². The SMILES string of the molecule is CC(C)CNS(=O)(=O)c1c2c(cc3cnc(C4CC4)cc13)CCC(n1cnnc1Nc1cccnc1)C2. The molecule has 0 aliphatic heterocycles. The van der Waals surface area contributed by atoms with E-state index >= 15 is 0 Å². The van der Waals surface area contributed by atoms with Gasteiger partial charge in [-0.3, -0.25) is 14.5 Å². The first kappa shape index (κ1) is 24.0. The van der Waals surface area contributed by atoms with E-state index in [1.165, 1.54) is 0 Å². The number of nitrogens with one attached hydrogen (secondary N) is 2. The Balaban J connectivity index is 1.43. The highest BCUT2D eigenvalue weighted by atomic mass is 32.2. The van der Waals surface area contributed by atoms with E-state index in [9.17, 15) is 8.42 Å². The smallest absolute Gasteiger partial charge is 0.241 e. The Labute approximate surface area is 216 Å². The minimum Gasteiger partial charge on any atom is -0.323 e. The van der Waals surface area contributed by atoms with Crippen molar-refractivity contribution in [2.45, 2.75) is 62.8 Å². The number of fused-ring (bicyclic) bond motifs is 2. The molecule has 192 valence electrons. The topological polar surface area (TPSA) is 115 Å². The first-order valence-corrected chi connectivity index (χ1v) is 14.4. The van der Waals surface area contributed by atoms with E-state index in [1.54, 1.807) is 18.7 Å². The molecule has 2 aliphatic carbocycles. The van der Waals surface area contributed by atoms with Crippen LogP contribution in [0.25, 0.3) is 10.8 Å². The number of anilines is 2. The number of pyridine rings is 2. The van der Waals surface area contributed by atoms with Gasteiger partial charge in [0.15, 0.2) is 0 Å². The number of benzene rings is 1. The Bertz CT molecular complexity index is 1550. The highest BCUT2D eigenvalue weighted by Crippen LogP contribution is 2.42. The third-order valence-electron chi connectivity index (χ3n) is 7.21. The molecule has 1 fully saturated rings. The molecule has 0 radical (unpaired) electrons. The Hall–Kier alpha value is -3.37. The van der Waals surface area contributed by atoms with E-state index < -0.39 is 10.0 Å². The summed E-state index contributed by atoms with van der Waals surface area (Å²) in [6.07, 6.45) is 11.4. The second-order valence-electron chi connectivity index (χ2n) is 10.5. The molecule has 10 heteroatoms. The van der Waals surface area contributed by atoms with Crippen molar-refractivity contribution in [2.24, 2.45) is 5.92 Å². The summed E-state index contributed by atoms with van der Waals surface area (Å²) in [5.74, 6) is 1.26. The van der Waals surface area contributed by atoms with Crippen molar-refractivity contribution in [1.29, 1.82) is 0 Å². The third kappa shape index (κ3) is 4.83. The van der Waals surface area contributed by atoms with Gasteiger partial charge in [0.2, 0.25) is 16.0 Å². The van der Waals surface area contributed by atoms with Crippen LogP contribution in [-0.2, 0) is 22.9 Å². The van der Waals surface area contributed by atoms with Crippen LogP contribution < -0.4 is 10.0 Å². The normalized spacial score (nSPS) is 17.8. The van der Waals surface area contributed by atoms with E-state index in [4.69, 9.17) is 0 Å². The Kier molecular flexibility index (Phi) is 6.16. The fraction of sp³-hybridized carbons (Fsp3) is 0.407. The number of rotatable bonds is 8.